The lowest BCUT2D eigenvalue weighted by Crippen LogP contribution is -2.34. The molecule has 0 aromatic heterocycles. The summed E-state index contributed by atoms with van der Waals surface area (Å²) < 4.78 is 26.6. The van der Waals surface area contributed by atoms with E-state index in [4.69, 9.17) is 0 Å². The van der Waals surface area contributed by atoms with Gasteiger partial charge in [-0.3, -0.25) is 0 Å². The maximum absolute atomic E-state index is 12.5. The molecule has 1 heterocycles. The zero-order valence-electron chi connectivity index (χ0n) is 11.2. The lowest BCUT2D eigenvalue weighted by molar-refractivity contribution is 0.302. The third-order valence-electron chi connectivity index (χ3n) is 3.57. The summed E-state index contributed by atoms with van der Waals surface area (Å²) in [5, 5.41) is 0.736. The van der Waals surface area contributed by atoms with Crippen LogP contribution in [-0.2, 0) is 15.4 Å². The second-order valence-corrected chi connectivity index (χ2v) is 7.55. The first-order valence-corrected chi connectivity index (χ1v) is 8.83. The van der Waals surface area contributed by atoms with Crippen molar-refractivity contribution in [2.75, 3.05) is 27.2 Å². The minimum absolute atomic E-state index is 0.316. The minimum Gasteiger partial charge on any atom is -0.305 e. The monoisotopic (exact) mass is 346 g/mol. The quantitative estimate of drug-likeness (QED) is 0.782. The summed E-state index contributed by atoms with van der Waals surface area (Å²) in [6.45, 7) is 1.18. The Morgan fingerprint density at radius 1 is 1.32 bits per heavy atom. The number of rotatable bonds is 4. The van der Waals surface area contributed by atoms with E-state index in [1.165, 1.54) is 0 Å². The Kier molecular flexibility index (Phi) is 4.66. The normalized spacial score (nSPS) is 21.2. The van der Waals surface area contributed by atoms with Crippen molar-refractivity contribution in [2.24, 2.45) is 0 Å². The van der Waals surface area contributed by atoms with Crippen LogP contribution in [0.15, 0.2) is 29.2 Å². The number of sulfonamides is 1. The Morgan fingerprint density at radius 3 is 2.42 bits per heavy atom. The highest BCUT2D eigenvalue weighted by atomic mass is 79.9. The molecule has 1 aliphatic heterocycles. The molecule has 1 aliphatic rings. The average Bonchev–Trinajstić information content (AvgIpc) is 2.89. The molecule has 1 saturated heterocycles. The molecule has 106 valence electrons. The molecule has 0 amide bonds. The van der Waals surface area contributed by atoms with Gasteiger partial charge in [0.2, 0.25) is 10.0 Å². The fourth-order valence-electron chi connectivity index (χ4n) is 2.25. The van der Waals surface area contributed by atoms with Gasteiger partial charge in [0.15, 0.2) is 0 Å². The molecule has 1 aromatic carbocycles. The van der Waals surface area contributed by atoms with Crippen molar-refractivity contribution < 1.29 is 8.42 Å². The van der Waals surface area contributed by atoms with E-state index in [0.717, 1.165) is 17.3 Å². The highest BCUT2D eigenvalue weighted by Crippen LogP contribution is 2.23. The van der Waals surface area contributed by atoms with Gasteiger partial charge < -0.3 is 4.90 Å². The van der Waals surface area contributed by atoms with Gasteiger partial charge in [0.1, 0.15) is 0 Å². The van der Waals surface area contributed by atoms with Crippen LogP contribution in [0.25, 0.3) is 0 Å². The first-order valence-electron chi connectivity index (χ1n) is 6.26. The van der Waals surface area contributed by atoms with E-state index < -0.39 is 10.0 Å². The Bertz CT molecular complexity index is 528. The standard InChI is InChI=1S/C13H19BrN2O2S/c1-15(2)12-7-8-16(10-12)19(17,18)13-5-3-11(9-14)4-6-13/h3-6,12H,7-10H2,1-2H3. The van der Waals surface area contributed by atoms with E-state index in [1.54, 1.807) is 16.4 Å². The maximum atomic E-state index is 12.5. The molecular formula is C13H19BrN2O2S. The smallest absolute Gasteiger partial charge is 0.243 e. The minimum atomic E-state index is -3.34. The summed E-state index contributed by atoms with van der Waals surface area (Å²) in [5.41, 5.74) is 1.08. The van der Waals surface area contributed by atoms with Crippen LogP contribution in [0, 0.1) is 0 Å². The Hall–Kier alpha value is -0.430. The van der Waals surface area contributed by atoms with Crippen molar-refractivity contribution in [3.8, 4) is 0 Å². The number of hydrogen-bond donors (Lipinski definition) is 0. The van der Waals surface area contributed by atoms with Gasteiger partial charge in [0.25, 0.3) is 0 Å². The number of hydrogen-bond acceptors (Lipinski definition) is 3. The molecule has 1 fully saturated rings. The second-order valence-electron chi connectivity index (χ2n) is 5.05. The van der Waals surface area contributed by atoms with Gasteiger partial charge in [-0.2, -0.15) is 4.31 Å². The molecule has 0 bridgehead atoms. The van der Waals surface area contributed by atoms with Crippen LogP contribution in [0.3, 0.4) is 0 Å². The third-order valence-corrected chi connectivity index (χ3v) is 6.10. The molecule has 19 heavy (non-hydrogen) atoms. The predicted molar refractivity (Wildman–Crippen MR) is 79.9 cm³/mol. The van der Waals surface area contributed by atoms with Crippen LogP contribution in [0.1, 0.15) is 12.0 Å². The van der Waals surface area contributed by atoms with E-state index in [-0.39, 0.29) is 0 Å². The number of nitrogens with zero attached hydrogens (tertiary/aromatic N) is 2. The van der Waals surface area contributed by atoms with E-state index in [2.05, 4.69) is 20.8 Å². The van der Waals surface area contributed by atoms with Gasteiger partial charge in [-0.15, -0.1) is 0 Å². The van der Waals surface area contributed by atoms with E-state index in [1.807, 2.05) is 26.2 Å². The van der Waals surface area contributed by atoms with E-state index in [0.29, 0.717) is 24.0 Å². The van der Waals surface area contributed by atoms with Crippen LogP contribution in [-0.4, -0.2) is 50.8 Å². The summed E-state index contributed by atoms with van der Waals surface area (Å²) >= 11 is 3.36. The summed E-state index contributed by atoms with van der Waals surface area (Å²) in [6, 6.07) is 7.39. The SMILES string of the molecule is CN(C)C1CCN(S(=O)(=O)c2ccc(CBr)cc2)C1. The number of benzene rings is 1. The zero-order chi connectivity index (χ0) is 14.0. The lowest BCUT2D eigenvalue weighted by atomic mass is 10.2. The molecule has 0 N–H and O–H groups in total. The molecule has 1 unspecified atom stereocenters. The number of likely N-dealkylation sites (N-methyl/N-ethyl adjacent to an activating group) is 1. The summed E-state index contributed by atoms with van der Waals surface area (Å²) in [5.74, 6) is 0. The second kappa shape index (κ2) is 5.91. The Labute approximate surface area is 123 Å². The van der Waals surface area contributed by atoms with Crippen molar-refractivity contribution in [2.45, 2.75) is 22.7 Å². The van der Waals surface area contributed by atoms with Gasteiger partial charge in [0, 0.05) is 24.5 Å². The maximum Gasteiger partial charge on any atom is 0.243 e. The zero-order valence-corrected chi connectivity index (χ0v) is 13.6. The van der Waals surface area contributed by atoms with Gasteiger partial charge in [-0.25, -0.2) is 8.42 Å². The van der Waals surface area contributed by atoms with Gasteiger partial charge in [-0.05, 0) is 38.2 Å². The summed E-state index contributed by atoms with van der Waals surface area (Å²) in [6.07, 6.45) is 0.895. The van der Waals surface area contributed by atoms with Crippen molar-refractivity contribution in [1.82, 2.24) is 9.21 Å². The van der Waals surface area contributed by atoms with Crippen LogP contribution < -0.4 is 0 Å². The van der Waals surface area contributed by atoms with Gasteiger partial charge >= 0.3 is 0 Å². The third kappa shape index (κ3) is 3.18. The lowest BCUT2D eigenvalue weighted by Gasteiger charge is -2.20. The molecule has 1 atom stereocenters. The Morgan fingerprint density at radius 2 is 1.95 bits per heavy atom. The average molecular weight is 347 g/mol. The fraction of sp³-hybridized carbons (Fsp3) is 0.538. The molecule has 4 nitrogen and oxygen atoms in total. The van der Waals surface area contributed by atoms with Gasteiger partial charge in [-0.1, -0.05) is 28.1 Å². The number of alkyl halides is 1. The van der Waals surface area contributed by atoms with Crippen molar-refractivity contribution in [3.63, 3.8) is 0 Å². The largest absolute Gasteiger partial charge is 0.305 e. The molecule has 0 aliphatic carbocycles. The van der Waals surface area contributed by atoms with Crippen molar-refractivity contribution >= 4 is 26.0 Å². The van der Waals surface area contributed by atoms with Crippen LogP contribution in [0.4, 0.5) is 0 Å². The molecular weight excluding hydrogens is 328 g/mol. The molecule has 2 rings (SSSR count). The van der Waals surface area contributed by atoms with Crippen LogP contribution >= 0.6 is 15.9 Å². The van der Waals surface area contributed by atoms with Crippen molar-refractivity contribution in [3.05, 3.63) is 29.8 Å². The van der Waals surface area contributed by atoms with E-state index in [9.17, 15) is 8.42 Å². The van der Waals surface area contributed by atoms with Crippen LogP contribution in [0.2, 0.25) is 0 Å². The Balaban J connectivity index is 2.18. The topological polar surface area (TPSA) is 40.6 Å². The predicted octanol–water partition coefficient (Wildman–Crippen LogP) is 1.91. The van der Waals surface area contributed by atoms with E-state index >= 15 is 0 Å². The molecule has 0 radical (unpaired) electrons. The summed E-state index contributed by atoms with van der Waals surface area (Å²) in [4.78, 5) is 2.47. The summed E-state index contributed by atoms with van der Waals surface area (Å²) in [7, 11) is 0.645. The molecule has 6 heteroatoms. The highest BCUT2D eigenvalue weighted by molar-refractivity contribution is 9.08. The van der Waals surface area contributed by atoms with Gasteiger partial charge in [0.05, 0.1) is 4.90 Å². The molecule has 0 saturated carbocycles. The molecule has 0 spiro atoms. The molecule has 1 aromatic rings. The fourth-order valence-corrected chi connectivity index (χ4v) is 4.12. The van der Waals surface area contributed by atoms with Crippen molar-refractivity contribution in [1.29, 1.82) is 0 Å². The number of halogens is 1. The highest BCUT2D eigenvalue weighted by Gasteiger charge is 2.33. The first kappa shape index (κ1) is 15.0. The first-order chi connectivity index (χ1) is 8.95. The van der Waals surface area contributed by atoms with Crippen LogP contribution in [0.5, 0.6) is 0 Å².